The van der Waals surface area contributed by atoms with Gasteiger partial charge in [-0.2, -0.15) is 0 Å². The van der Waals surface area contributed by atoms with Gasteiger partial charge in [0, 0.05) is 13.0 Å². The Labute approximate surface area is 55.6 Å². The van der Waals surface area contributed by atoms with E-state index in [-0.39, 0.29) is 5.91 Å². The summed E-state index contributed by atoms with van der Waals surface area (Å²) >= 11 is 0. The van der Waals surface area contributed by atoms with Crippen molar-refractivity contribution in [3.05, 3.63) is 0 Å². The van der Waals surface area contributed by atoms with Crippen molar-refractivity contribution in [2.24, 2.45) is 5.92 Å². The predicted octanol–water partition coefficient (Wildman–Crippen LogP) is 0.923. The monoisotopic (exact) mass is 127 g/mol. The molecule has 2 nitrogen and oxygen atoms in total. The number of hydrogen-bond acceptors (Lipinski definition) is 1. The lowest BCUT2D eigenvalue weighted by atomic mass is 10.0. The van der Waals surface area contributed by atoms with Gasteiger partial charge in [-0.15, -0.1) is 0 Å². The van der Waals surface area contributed by atoms with E-state index in [0.29, 0.717) is 5.92 Å². The molecule has 0 aliphatic carbocycles. The van der Waals surface area contributed by atoms with Crippen LogP contribution in [0.4, 0.5) is 0 Å². The van der Waals surface area contributed by atoms with E-state index in [2.05, 4.69) is 12.2 Å². The van der Waals surface area contributed by atoms with Gasteiger partial charge < -0.3 is 5.32 Å². The van der Waals surface area contributed by atoms with E-state index in [9.17, 15) is 4.79 Å². The summed E-state index contributed by atoms with van der Waals surface area (Å²) in [4.78, 5) is 10.8. The van der Waals surface area contributed by atoms with Crippen molar-refractivity contribution in [2.75, 3.05) is 6.54 Å². The number of carbonyl (C=O) groups excluding carboxylic acids is 1. The predicted molar refractivity (Wildman–Crippen MR) is 36.0 cm³/mol. The molecular weight excluding hydrogens is 114 g/mol. The summed E-state index contributed by atoms with van der Waals surface area (Å²) in [6.07, 6.45) is 3.06. The van der Waals surface area contributed by atoms with Gasteiger partial charge in [-0.25, -0.2) is 0 Å². The van der Waals surface area contributed by atoms with Crippen molar-refractivity contribution >= 4 is 5.91 Å². The number of carbonyl (C=O) groups is 1. The van der Waals surface area contributed by atoms with Gasteiger partial charge in [0.2, 0.25) is 5.91 Å². The quantitative estimate of drug-likeness (QED) is 0.515. The van der Waals surface area contributed by atoms with Crippen LogP contribution in [0.3, 0.4) is 0 Å². The molecule has 1 atom stereocenters. The van der Waals surface area contributed by atoms with Crippen molar-refractivity contribution in [1.29, 1.82) is 0 Å². The highest BCUT2D eigenvalue weighted by molar-refractivity contribution is 5.76. The van der Waals surface area contributed by atoms with Crippen LogP contribution in [0.2, 0.25) is 0 Å². The minimum atomic E-state index is 0.222. The summed E-state index contributed by atoms with van der Waals surface area (Å²) in [6, 6.07) is 0. The highest BCUT2D eigenvalue weighted by atomic mass is 16.1. The second-order valence-electron chi connectivity index (χ2n) is 2.80. The SMILES string of the molecule is CC1CCCNC(=O)C1. The van der Waals surface area contributed by atoms with Crippen molar-refractivity contribution in [1.82, 2.24) is 5.32 Å². The third kappa shape index (κ3) is 2.04. The first-order valence-corrected chi connectivity index (χ1v) is 3.56. The van der Waals surface area contributed by atoms with Gasteiger partial charge in [0.25, 0.3) is 0 Å². The van der Waals surface area contributed by atoms with Gasteiger partial charge in [0.05, 0.1) is 0 Å². The molecule has 9 heavy (non-hydrogen) atoms. The molecule has 1 unspecified atom stereocenters. The largest absolute Gasteiger partial charge is 0.356 e. The van der Waals surface area contributed by atoms with Crippen molar-refractivity contribution in [2.45, 2.75) is 26.2 Å². The summed E-state index contributed by atoms with van der Waals surface area (Å²) < 4.78 is 0. The molecule has 1 rings (SSSR count). The smallest absolute Gasteiger partial charge is 0.220 e. The third-order valence-electron chi connectivity index (χ3n) is 1.73. The average molecular weight is 127 g/mol. The Balaban J connectivity index is 2.37. The molecule has 52 valence electrons. The van der Waals surface area contributed by atoms with Crippen LogP contribution in [-0.2, 0) is 4.79 Å². The Morgan fingerprint density at radius 1 is 1.67 bits per heavy atom. The first-order valence-electron chi connectivity index (χ1n) is 3.56. The molecule has 0 aromatic carbocycles. The molecule has 0 aromatic rings. The van der Waals surface area contributed by atoms with E-state index in [4.69, 9.17) is 0 Å². The molecule has 2 heteroatoms. The normalized spacial score (nSPS) is 29.0. The second-order valence-corrected chi connectivity index (χ2v) is 2.80. The minimum absolute atomic E-state index is 0.222. The summed E-state index contributed by atoms with van der Waals surface area (Å²) in [5.41, 5.74) is 0. The van der Waals surface area contributed by atoms with Crippen LogP contribution in [0.1, 0.15) is 26.2 Å². The second kappa shape index (κ2) is 2.85. The van der Waals surface area contributed by atoms with Gasteiger partial charge in [-0.05, 0) is 18.8 Å². The van der Waals surface area contributed by atoms with E-state index in [0.717, 1.165) is 19.4 Å². The highest BCUT2D eigenvalue weighted by Gasteiger charge is 2.11. The Kier molecular flexibility index (Phi) is 2.09. The number of nitrogens with one attached hydrogen (secondary N) is 1. The maximum atomic E-state index is 10.8. The van der Waals surface area contributed by atoms with Crippen LogP contribution < -0.4 is 5.32 Å². The molecule has 1 aliphatic rings. The lowest BCUT2D eigenvalue weighted by molar-refractivity contribution is -0.121. The topological polar surface area (TPSA) is 29.1 Å². The molecule has 1 fully saturated rings. The molecule has 1 heterocycles. The molecule has 0 spiro atoms. The molecular formula is C7H13NO. The first kappa shape index (κ1) is 6.59. The van der Waals surface area contributed by atoms with Crippen molar-refractivity contribution in [3.63, 3.8) is 0 Å². The first-order chi connectivity index (χ1) is 4.29. The van der Waals surface area contributed by atoms with Crippen LogP contribution >= 0.6 is 0 Å². The Hall–Kier alpha value is -0.530. The van der Waals surface area contributed by atoms with Crippen LogP contribution in [-0.4, -0.2) is 12.5 Å². The molecule has 0 saturated carbocycles. The van der Waals surface area contributed by atoms with Gasteiger partial charge in [0.1, 0.15) is 0 Å². The van der Waals surface area contributed by atoms with E-state index >= 15 is 0 Å². The molecule has 0 bridgehead atoms. The number of hydrogen-bond donors (Lipinski definition) is 1. The summed E-state index contributed by atoms with van der Waals surface area (Å²) in [7, 11) is 0. The van der Waals surface area contributed by atoms with Gasteiger partial charge in [0.15, 0.2) is 0 Å². The van der Waals surface area contributed by atoms with Crippen LogP contribution in [0.5, 0.6) is 0 Å². The van der Waals surface area contributed by atoms with Crippen molar-refractivity contribution in [3.8, 4) is 0 Å². The zero-order valence-corrected chi connectivity index (χ0v) is 5.81. The van der Waals surface area contributed by atoms with Crippen molar-refractivity contribution < 1.29 is 4.79 Å². The van der Waals surface area contributed by atoms with Crippen LogP contribution in [0.25, 0.3) is 0 Å². The zero-order valence-electron chi connectivity index (χ0n) is 5.81. The molecule has 1 saturated heterocycles. The Morgan fingerprint density at radius 3 is 3.22 bits per heavy atom. The summed E-state index contributed by atoms with van der Waals surface area (Å²) in [6.45, 7) is 3.01. The zero-order chi connectivity index (χ0) is 6.69. The van der Waals surface area contributed by atoms with Gasteiger partial charge in [-0.1, -0.05) is 6.92 Å². The molecule has 1 amide bonds. The van der Waals surface area contributed by atoms with Gasteiger partial charge in [-0.3, -0.25) is 4.79 Å². The molecule has 0 aromatic heterocycles. The fourth-order valence-electron chi connectivity index (χ4n) is 1.17. The maximum Gasteiger partial charge on any atom is 0.220 e. The summed E-state index contributed by atoms with van der Waals surface area (Å²) in [5, 5.41) is 2.84. The van der Waals surface area contributed by atoms with E-state index in [1.807, 2.05) is 0 Å². The van der Waals surface area contributed by atoms with E-state index in [1.165, 1.54) is 6.42 Å². The van der Waals surface area contributed by atoms with Crippen LogP contribution in [0.15, 0.2) is 0 Å². The Bertz CT molecular complexity index is 111. The van der Waals surface area contributed by atoms with E-state index in [1.54, 1.807) is 0 Å². The Morgan fingerprint density at radius 2 is 2.44 bits per heavy atom. The lowest BCUT2D eigenvalue weighted by Gasteiger charge is -2.01. The summed E-state index contributed by atoms with van der Waals surface area (Å²) in [5.74, 6) is 0.813. The lowest BCUT2D eigenvalue weighted by Crippen LogP contribution is -2.21. The molecule has 1 N–H and O–H groups in total. The van der Waals surface area contributed by atoms with E-state index < -0.39 is 0 Å². The minimum Gasteiger partial charge on any atom is -0.356 e. The fraction of sp³-hybridized carbons (Fsp3) is 0.857. The maximum absolute atomic E-state index is 10.8. The van der Waals surface area contributed by atoms with Gasteiger partial charge >= 0.3 is 0 Å². The molecule has 1 aliphatic heterocycles. The number of amides is 1. The standard InChI is InChI=1S/C7H13NO/c1-6-3-2-4-8-7(9)5-6/h6H,2-5H2,1H3,(H,8,9). The molecule has 0 radical (unpaired) electrons. The highest BCUT2D eigenvalue weighted by Crippen LogP contribution is 2.11. The fourth-order valence-corrected chi connectivity index (χ4v) is 1.17. The average Bonchev–Trinajstić information content (AvgIpc) is 1.93. The number of rotatable bonds is 0. The van der Waals surface area contributed by atoms with Crippen LogP contribution in [0, 0.1) is 5.92 Å². The third-order valence-corrected chi connectivity index (χ3v) is 1.73.